The number of hydrogen-bond acceptors (Lipinski definition) is 5. The number of pyridine rings is 1. The van der Waals surface area contributed by atoms with Crippen LogP contribution in [0.1, 0.15) is 36.2 Å². The third-order valence-corrected chi connectivity index (χ3v) is 5.60. The number of amides is 3. The second kappa shape index (κ2) is 14.1. The Morgan fingerprint density at radius 1 is 0.974 bits per heavy atom. The van der Waals surface area contributed by atoms with Gasteiger partial charge in [0.05, 0.1) is 11.1 Å². The second-order valence-electron chi connectivity index (χ2n) is 8.34. The molecular weight excluding hydrogens is 559 g/mol. The zero-order valence-electron chi connectivity index (χ0n) is 21.0. The largest absolute Gasteiger partial charge is 0.449 e. The van der Waals surface area contributed by atoms with E-state index in [4.69, 9.17) is 9.47 Å². The number of nitrogens with zero attached hydrogens (tertiary/aromatic N) is 1. The number of hydrogen-bond donors (Lipinski definition) is 3. The molecule has 0 aliphatic rings. The van der Waals surface area contributed by atoms with E-state index in [2.05, 4.69) is 38.8 Å². The van der Waals surface area contributed by atoms with E-state index in [-0.39, 0.29) is 12.5 Å². The molecule has 3 N–H and O–H groups in total. The molecule has 0 aliphatic carbocycles. The van der Waals surface area contributed by atoms with Crippen molar-refractivity contribution in [2.75, 3.05) is 17.2 Å². The average Bonchev–Trinajstić information content (AvgIpc) is 2.86. The SMILES string of the molecule is CCC[n+]1cc(Br)cc(C(=O)Nc2ccc(CCOC(=O)NC(C)OC(=O)Nc3ccc(F)cc3)cc2)c1. The fourth-order valence-electron chi connectivity index (χ4n) is 3.41. The van der Waals surface area contributed by atoms with Crippen LogP contribution in [0.4, 0.5) is 25.4 Å². The average molecular weight is 588 g/mol. The molecule has 1 heterocycles. The number of halogens is 2. The van der Waals surface area contributed by atoms with Crippen LogP contribution in [0.3, 0.4) is 0 Å². The van der Waals surface area contributed by atoms with Gasteiger partial charge in [0.1, 0.15) is 17.9 Å². The molecule has 11 heteroatoms. The van der Waals surface area contributed by atoms with E-state index in [0.717, 1.165) is 23.0 Å². The number of rotatable bonds is 10. The highest BCUT2D eigenvalue weighted by Crippen LogP contribution is 2.14. The first kappa shape index (κ1) is 28.6. The van der Waals surface area contributed by atoms with Gasteiger partial charge in [-0.2, -0.15) is 0 Å². The number of aromatic nitrogens is 1. The fraction of sp³-hybridized carbons (Fsp3) is 0.259. The summed E-state index contributed by atoms with van der Waals surface area (Å²) >= 11 is 3.44. The molecule has 0 bridgehead atoms. The van der Waals surface area contributed by atoms with E-state index >= 15 is 0 Å². The van der Waals surface area contributed by atoms with Crippen LogP contribution in [0.2, 0.25) is 0 Å². The molecule has 0 aliphatic heterocycles. The number of nitrogens with one attached hydrogen (secondary N) is 3. The predicted octanol–water partition coefficient (Wildman–Crippen LogP) is 5.40. The van der Waals surface area contributed by atoms with Crippen molar-refractivity contribution in [3.8, 4) is 0 Å². The lowest BCUT2D eigenvalue weighted by atomic mass is 10.1. The number of benzene rings is 2. The van der Waals surface area contributed by atoms with E-state index in [0.29, 0.717) is 23.4 Å². The maximum absolute atomic E-state index is 12.9. The Labute approximate surface area is 228 Å². The van der Waals surface area contributed by atoms with Crippen molar-refractivity contribution in [3.63, 3.8) is 0 Å². The molecule has 3 amide bonds. The molecule has 3 rings (SSSR count). The number of aryl methyl sites for hydroxylation is 1. The summed E-state index contributed by atoms with van der Waals surface area (Å²) in [6.45, 7) is 4.45. The summed E-state index contributed by atoms with van der Waals surface area (Å²) in [5, 5.41) is 7.70. The van der Waals surface area contributed by atoms with Crippen molar-refractivity contribution in [1.82, 2.24) is 5.32 Å². The predicted molar refractivity (Wildman–Crippen MR) is 143 cm³/mol. The summed E-state index contributed by atoms with van der Waals surface area (Å²) in [5.74, 6) is -0.646. The summed E-state index contributed by atoms with van der Waals surface area (Å²) in [5.41, 5.74) is 2.44. The van der Waals surface area contributed by atoms with Gasteiger partial charge in [0, 0.05) is 24.2 Å². The van der Waals surface area contributed by atoms with E-state index in [1.54, 1.807) is 18.2 Å². The van der Waals surface area contributed by atoms with E-state index in [1.807, 2.05) is 29.1 Å². The number of alkyl carbamates (subject to hydrolysis) is 1. The first-order chi connectivity index (χ1) is 18.2. The van der Waals surface area contributed by atoms with Gasteiger partial charge < -0.3 is 14.8 Å². The van der Waals surface area contributed by atoms with Crippen LogP contribution in [0.15, 0.2) is 71.5 Å². The van der Waals surface area contributed by atoms with Gasteiger partial charge in [-0.3, -0.25) is 15.4 Å². The molecule has 9 nitrogen and oxygen atoms in total. The Hall–Kier alpha value is -3.99. The number of ether oxygens (including phenoxy) is 2. The van der Waals surface area contributed by atoms with Crippen LogP contribution in [-0.4, -0.2) is 30.9 Å². The number of carbonyl (C=O) groups excluding carboxylic acids is 3. The third-order valence-electron chi connectivity index (χ3n) is 5.16. The van der Waals surface area contributed by atoms with Gasteiger partial charge >= 0.3 is 12.2 Å². The molecule has 38 heavy (non-hydrogen) atoms. The molecule has 0 fully saturated rings. The standard InChI is InChI=1S/C27H28BrFN4O5/c1-3-13-33-16-20(15-21(28)17-33)25(34)31-23-8-4-19(5-9-23)12-14-37-26(35)30-18(2)38-27(36)32-24-10-6-22(29)7-11-24/h4-11,15-18H,3,12-14H2,1-2H3,(H2-,30,31,32,34,35,36)/p+1. The Balaban J connectivity index is 1.39. The first-order valence-electron chi connectivity index (χ1n) is 12.0. The zero-order chi connectivity index (χ0) is 27.5. The molecule has 0 radical (unpaired) electrons. The van der Waals surface area contributed by atoms with Crippen LogP contribution in [-0.2, 0) is 22.4 Å². The van der Waals surface area contributed by atoms with Crippen LogP contribution >= 0.6 is 15.9 Å². The Bertz CT molecular complexity index is 1260. The highest BCUT2D eigenvalue weighted by atomic mass is 79.9. The van der Waals surface area contributed by atoms with Gasteiger partial charge in [0.25, 0.3) is 5.91 Å². The lowest BCUT2D eigenvalue weighted by Crippen LogP contribution is -2.37. The van der Waals surface area contributed by atoms with Gasteiger partial charge in [0.2, 0.25) is 0 Å². The van der Waals surface area contributed by atoms with Gasteiger partial charge in [-0.05, 0) is 70.9 Å². The van der Waals surface area contributed by atoms with E-state index in [9.17, 15) is 18.8 Å². The molecule has 1 aromatic heterocycles. The summed E-state index contributed by atoms with van der Waals surface area (Å²) < 4.78 is 25.9. The molecule has 3 aromatic rings. The van der Waals surface area contributed by atoms with Gasteiger partial charge in [-0.25, -0.2) is 18.5 Å². The summed E-state index contributed by atoms with van der Waals surface area (Å²) in [6, 6.07) is 14.2. The molecule has 1 atom stereocenters. The highest BCUT2D eigenvalue weighted by molar-refractivity contribution is 9.10. The lowest BCUT2D eigenvalue weighted by Gasteiger charge is -2.15. The normalized spacial score (nSPS) is 11.3. The van der Waals surface area contributed by atoms with Crippen molar-refractivity contribution in [2.45, 2.75) is 39.5 Å². The van der Waals surface area contributed by atoms with Crippen LogP contribution in [0.5, 0.6) is 0 Å². The monoisotopic (exact) mass is 587 g/mol. The Morgan fingerprint density at radius 3 is 2.32 bits per heavy atom. The quantitative estimate of drug-likeness (QED) is 0.217. The number of carbonyl (C=O) groups is 3. The maximum atomic E-state index is 12.9. The molecule has 1 unspecified atom stereocenters. The maximum Gasteiger partial charge on any atom is 0.413 e. The van der Waals surface area contributed by atoms with E-state index < -0.39 is 24.2 Å². The molecule has 0 saturated carbocycles. The van der Waals surface area contributed by atoms with Gasteiger partial charge in [-0.1, -0.05) is 19.1 Å². The van der Waals surface area contributed by atoms with Crippen molar-refractivity contribution in [3.05, 3.63) is 88.4 Å². The minimum Gasteiger partial charge on any atom is -0.449 e. The van der Waals surface area contributed by atoms with Gasteiger partial charge in [-0.15, -0.1) is 0 Å². The topological polar surface area (TPSA) is 110 Å². The Morgan fingerprint density at radius 2 is 1.63 bits per heavy atom. The Kier molecular flexibility index (Phi) is 10.6. The summed E-state index contributed by atoms with van der Waals surface area (Å²) in [6.07, 6.45) is 2.64. The third kappa shape index (κ3) is 9.47. The minimum atomic E-state index is -0.951. The zero-order valence-corrected chi connectivity index (χ0v) is 22.6. The molecule has 0 spiro atoms. The van der Waals surface area contributed by atoms with Crippen LogP contribution in [0, 0.1) is 5.82 Å². The van der Waals surface area contributed by atoms with E-state index in [1.165, 1.54) is 31.2 Å². The number of anilines is 2. The van der Waals surface area contributed by atoms with Crippen LogP contribution in [0.25, 0.3) is 0 Å². The molecule has 2 aromatic carbocycles. The van der Waals surface area contributed by atoms with Crippen molar-refractivity contribution >= 4 is 45.4 Å². The lowest BCUT2D eigenvalue weighted by molar-refractivity contribution is -0.697. The van der Waals surface area contributed by atoms with Gasteiger partial charge in [0.15, 0.2) is 18.6 Å². The first-order valence-corrected chi connectivity index (χ1v) is 12.8. The fourth-order valence-corrected chi connectivity index (χ4v) is 3.92. The second-order valence-corrected chi connectivity index (χ2v) is 9.26. The summed E-state index contributed by atoms with van der Waals surface area (Å²) in [7, 11) is 0. The molecule has 0 saturated heterocycles. The minimum absolute atomic E-state index is 0.0987. The summed E-state index contributed by atoms with van der Waals surface area (Å²) in [4.78, 5) is 36.5. The molecule has 200 valence electrons. The highest BCUT2D eigenvalue weighted by Gasteiger charge is 2.15. The van der Waals surface area contributed by atoms with Crippen LogP contribution < -0.4 is 20.5 Å². The van der Waals surface area contributed by atoms with Crippen molar-refractivity contribution < 1.29 is 32.8 Å². The van der Waals surface area contributed by atoms with Crippen molar-refractivity contribution in [2.24, 2.45) is 0 Å². The van der Waals surface area contributed by atoms with Crippen molar-refractivity contribution in [1.29, 1.82) is 0 Å². The molecular formula is C27H29BrFN4O5+. The smallest absolute Gasteiger partial charge is 0.413 e.